The van der Waals surface area contributed by atoms with Crippen molar-refractivity contribution in [2.45, 2.75) is 39.3 Å². The first kappa shape index (κ1) is 10.9. The molecule has 0 amide bonds. The fourth-order valence-corrected chi connectivity index (χ4v) is 0.960. The van der Waals surface area contributed by atoms with E-state index in [0.717, 1.165) is 11.6 Å². The molecule has 1 aromatic rings. The average Bonchev–Trinajstić information content (AvgIpc) is 2.02. The van der Waals surface area contributed by atoms with Crippen molar-refractivity contribution in [2.75, 3.05) is 5.32 Å². The highest BCUT2D eigenvalue weighted by atomic mass is 16.3. The fourth-order valence-electron chi connectivity index (χ4n) is 0.960. The molecule has 1 heterocycles. The zero-order chi connectivity index (χ0) is 10.8. The molecule has 14 heavy (non-hydrogen) atoms. The molecule has 1 unspecified atom stereocenters. The normalized spacial score (nSPS) is 13.8. The summed E-state index contributed by atoms with van der Waals surface area (Å²) >= 11 is 0. The summed E-state index contributed by atoms with van der Waals surface area (Å²) in [6.45, 7) is 7.44. The fraction of sp³-hybridized carbons (Fsp3) is 0.600. The van der Waals surface area contributed by atoms with E-state index < -0.39 is 6.10 Å². The van der Waals surface area contributed by atoms with E-state index in [1.54, 1.807) is 19.2 Å². The van der Waals surface area contributed by atoms with Gasteiger partial charge in [0, 0.05) is 6.20 Å². The first-order chi connectivity index (χ1) is 6.42. The summed E-state index contributed by atoms with van der Waals surface area (Å²) in [7, 11) is 0. The second-order valence-electron chi connectivity index (χ2n) is 4.01. The van der Waals surface area contributed by atoms with Crippen LogP contribution in [0.5, 0.6) is 0 Å². The van der Waals surface area contributed by atoms with E-state index in [-0.39, 0.29) is 5.54 Å². The average molecular weight is 195 g/mol. The minimum absolute atomic E-state index is 0.388. The molecule has 0 spiro atoms. The molecule has 2 N–H and O–H groups in total. The maximum Gasteiger partial charge on any atom is 0.130 e. The van der Waals surface area contributed by atoms with Gasteiger partial charge in [-0.2, -0.15) is 0 Å². The summed E-state index contributed by atoms with van der Waals surface area (Å²) in [5.74, 6) is 1.46. The number of anilines is 1. The molecule has 0 aliphatic heterocycles. The van der Waals surface area contributed by atoms with E-state index in [1.807, 2.05) is 20.8 Å². The van der Waals surface area contributed by atoms with E-state index in [1.165, 1.54) is 0 Å². The molecule has 0 aromatic carbocycles. The summed E-state index contributed by atoms with van der Waals surface area (Å²) in [6.07, 6.45) is 1.25. The Morgan fingerprint density at radius 3 is 2.64 bits per heavy atom. The van der Waals surface area contributed by atoms with Crippen LogP contribution in [-0.2, 0) is 0 Å². The largest absolute Gasteiger partial charge is 0.391 e. The van der Waals surface area contributed by atoms with Crippen LogP contribution in [0, 0.1) is 6.92 Å². The molecule has 0 saturated heterocycles. The first-order valence-corrected chi connectivity index (χ1v) is 4.68. The predicted octanol–water partition coefficient (Wildman–Crippen LogP) is 1.36. The van der Waals surface area contributed by atoms with Crippen LogP contribution in [0.4, 0.5) is 5.82 Å². The van der Waals surface area contributed by atoms with Gasteiger partial charge in [-0.05, 0) is 33.8 Å². The molecule has 0 aliphatic rings. The molecule has 0 fully saturated rings. The quantitative estimate of drug-likeness (QED) is 0.764. The highest BCUT2D eigenvalue weighted by molar-refractivity contribution is 5.36. The number of aliphatic hydroxyl groups is 1. The van der Waals surface area contributed by atoms with Crippen LogP contribution in [0.1, 0.15) is 26.6 Å². The van der Waals surface area contributed by atoms with Gasteiger partial charge in [0.25, 0.3) is 0 Å². The lowest BCUT2D eigenvalue weighted by Gasteiger charge is -2.29. The topological polar surface area (TPSA) is 58.0 Å². The lowest BCUT2D eigenvalue weighted by molar-refractivity contribution is 0.133. The molecule has 0 bridgehead atoms. The lowest BCUT2D eigenvalue weighted by Crippen LogP contribution is -2.42. The Balaban J connectivity index is 2.78. The second-order valence-corrected chi connectivity index (χ2v) is 4.01. The maximum atomic E-state index is 9.50. The Kier molecular flexibility index (Phi) is 3.06. The molecule has 4 nitrogen and oxygen atoms in total. The zero-order valence-corrected chi connectivity index (χ0v) is 9.07. The Morgan fingerprint density at radius 2 is 2.14 bits per heavy atom. The van der Waals surface area contributed by atoms with Crippen LogP contribution in [0.3, 0.4) is 0 Å². The highest BCUT2D eigenvalue weighted by Gasteiger charge is 2.23. The Labute approximate surface area is 84.4 Å². The smallest absolute Gasteiger partial charge is 0.130 e. The van der Waals surface area contributed by atoms with E-state index in [0.29, 0.717) is 0 Å². The van der Waals surface area contributed by atoms with Crippen molar-refractivity contribution in [3.8, 4) is 0 Å². The van der Waals surface area contributed by atoms with Crippen LogP contribution >= 0.6 is 0 Å². The van der Waals surface area contributed by atoms with Crippen LogP contribution in [-0.4, -0.2) is 26.7 Å². The van der Waals surface area contributed by atoms with E-state index in [9.17, 15) is 5.11 Å². The van der Waals surface area contributed by atoms with Gasteiger partial charge in [-0.15, -0.1) is 0 Å². The summed E-state index contributed by atoms with van der Waals surface area (Å²) in [5.41, 5.74) is -0.388. The van der Waals surface area contributed by atoms with Crippen molar-refractivity contribution in [1.82, 2.24) is 9.97 Å². The Morgan fingerprint density at radius 1 is 1.50 bits per heavy atom. The van der Waals surface area contributed by atoms with Gasteiger partial charge >= 0.3 is 0 Å². The van der Waals surface area contributed by atoms with Crippen LogP contribution < -0.4 is 5.32 Å². The van der Waals surface area contributed by atoms with E-state index >= 15 is 0 Å². The number of aliphatic hydroxyl groups excluding tert-OH is 1. The van der Waals surface area contributed by atoms with Gasteiger partial charge < -0.3 is 10.4 Å². The van der Waals surface area contributed by atoms with Gasteiger partial charge in [0.05, 0.1) is 11.6 Å². The number of aromatic nitrogens is 2. The van der Waals surface area contributed by atoms with Crippen molar-refractivity contribution in [2.24, 2.45) is 0 Å². The van der Waals surface area contributed by atoms with Gasteiger partial charge in [0.2, 0.25) is 0 Å². The van der Waals surface area contributed by atoms with Crippen LogP contribution in [0.2, 0.25) is 0 Å². The molecular weight excluding hydrogens is 178 g/mol. The first-order valence-electron chi connectivity index (χ1n) is 4.68. The molecule has 0 radical (unpaired) electrons. The molecule has 4 heteroatoms. The van der Waals surface area contributed by atoms with Crippen LogP contribution in [0.25, 0.3) is 0 Å². The summed E-state index contributed by atoms with van der Waals surface area (Å²) in [5, 5.41) is 12.7. The minimum atomic E-state index is -0.447. The van der Waals surface area contributed by atoms with Crippen molar-refractivity contribution in [3.05, 3.63) is 18.1 Å². The maximum absolute atomic E-state index is 9.50. The van der Waals surface area contributed by atoms with Crippen LogP contribution in [0.15, 0.2) is 12.3 Å². The summed E-state index contributed by atoms with van der Waals surface area (Å²) in [6, 6.07) is 1.79. The van der Waals surface area contributed by atoms with Gasteiger partial charge in [-0.1, -0.05) is 0 Å². The highest BCUT2D eigenvalue weighted by Crippen LogP contribution is 2.15. The van der Waals surface area contributed by atoms with Crippen molar-refractivity contribution in [1.29, 1.82) is 0 Å². The van der Waals surface area contributed by atoms with Gasteiger partial charge in [-0.3, -0.25) is 0 Å². The van der Waals surface area contributed by atoms with E-state index in [2.05, 4.69) is 15.3 Å². The molecular formula is C10H17N3O. The minimum Gasteiger partial charge on any atom is -0.391 e. The molecule has 0 aliphatic carbocycles. The predicted molar refractivity (Wildman–Crippen MR) is 56.2 cm³/mol. The monoisotopic (exact) mass is 195 g/mol. The van der Waals surface area contributed by atoms with Gasteiger partial charge in [0.1, 0.15) is 11.6 Å². The molecule has 1 aromatic heterocycles. The summed E-state index contributed by atoms with van der Waals surface area (Å²) < 4.78 is 0. The second kappa shape index (κ2) is 3.92. The zero-order valence-electron chi connectivity index (χ0n) is 9.07. The molecule has 0 saturated carbocycles. The Hall–Kier alpha value is -1.16. The van der Waals surface area contributed by atoms with Crippen molar-refractivity contribution in [3.63, 3.8) is 0 Å². The van der Waals surface area contributed by atoms with Crippen molar-refractivity contribution >= 4 is 5.82 Å². The lowest BCUT2D eigenvalue weighted by atomic mass is 9.99. The molecule has 1 rings (SSSR count). The third-order valence-electron chi connectivity index (χ3n) is 2.27. The molecule has 1 atom stereocenters. The van der Waals surface area contributed by atoms with E-state index in [4.69, 9.17) is 0 Å². The summed E-state index contributed by atoms with van der Waals surface area (Å²) in [4.78, 5) is 8.21. The third-order valence-corrected chi connectivity index (χ3v) is 2.27. The number of aryl methyl sites for hydroxylation is 1. The third kappa shape index (κ3) is 2.67. The number of nitrogens with zero attached hydrogens (tertiary/aromatic N) is 2. The standard InChI is InChI=1S/C10H17N3O/c1-7(14)10(3,4)13-9-5-6-11-8(2)12-9/h5-7,14H,1-4H3,(H,11,12,13). The number of hydrogen-bond donors (Lipinski definition) is 2. The van der Waals surface area contributed by atoms with Gasteiger partial charge in [-0.25, -0.2) is 9.97 Å². The number of rotatable bonds is 3. The number of nitrogens with one attached hydrogen (secondary N) is 1. The molecule has 78 valence electrons. The van der Waals surface area contributed by atoms with Crippen molar-refractivity contribution < 1.29 is 5.11 Å². The van der Waals surface area contributed by atoms with Gasteiger partial charge in [0.15, 0.2) is 0 Å². The Bertz CT molecular complexity index is 310. The number of hydrogen-bond acceptors (Lipinski definition) is 4. The SMILES string of the molecule is Cc1nccc(NC(C)(C)C(C)O)n1.